The number of amides is 2. The summed E-state index contributed by atoms with van der Waals surface area (Å²) in [6.45, 7) is 25.3. The number of rotatable bonds is 4. The Hall–Kier alpha value is -3.60. The summed E-state index contributed by atoms with van der Waals surface area (Å²) in [6.07, 6.45) is 3.97. The Labute approximate surface area is 299 Å². The lowest BCUT2D eigenvalue weighted by Crippen LogP contribution is -2.74. The minimum absolute atomic E-state index is 0.0148. The summed E-state index contributed by atoms with van der Waals surface area (Å²) in [5, 5.41) is 0. The van der Waals surface area contributed by atoms with Crippen LogP contribution in [0.15, 0.2) is 34.8 Å². The average Bonchev–Trinajstić information content (AvgIpc) is 3.35. The number of hydrogen-bond acceptors (Lipinski definition) is 6. The predicted octanol–water partition coefficient (Wildman–Crippen LogP) is 7.70. The zero-order chi connectivity index (χ0) is 35.3. The monoisotopic (exact) mass is 729 g/mol. The van der Waals surface area contributed by atoms with E-state index in [1.165, 1.54) is 0 Å². The third-order valence-electron chi connectivity index (χ3n) is 10.7. The fraction of sp³-hybridized carbons (Fsp3) is 0.590. The Bertz CT molecular complexity index is 1700. The lowest BCUT2D eigenvalue weighted by Gasteiger charge is -2.65. The molecule has 0 unspecified atom stereocenters. The van der Waals surface area contributed by atoms with E-state index in [0.29, 0.717) is 53.1 Å². The van der Waals surface area contributed by atoms with Gasteiger partial charge in [-0.15, -0.1) is 0 Å². The minimum Gasteiger partial charge on any atom is -0.489 e. The van der Waals surface area contributed by atoms with Gasteiger partial charge in [0.15, 0.2) is 0 Å². The summed E-state index contributed by atoms with van der Waals surface area (Å²) in [7, 11) is 0. The Kier molecular flexibility index (Phi) is 9.54. The van der Waals surface area contributed by atoms with Crippen molar-refractivity contribution in [3.63, 3.8) is 0 Å². The SMILES string of the molecule is [C-]#[N+]c1ccc(OC2C(C)(C)C(N3Cc4nc(C#CC5CCC(N6CCN(C(=O)OC(C)(C)C)CC6)CC5)ccc4C3=O)C2(C)C)cc1Br. The summed E-state index contributed by atoms with van der Waals surface area (Å²) < 4.78 is 12.8. The molecule has 1 saturated heterocycles. The number of fused-ring (bicyclic) bond motifs is 1. The van der Waals surface area contributed by atoms with Crippen LogP contribution in [0, 0.1) is 35.2 Å². The molecule has 4 aliphatic rings. The number of nitrogens with zero attached hydrogens (tertiary/aromatic N) is 5. The number of halogens is 1. The molecule has 1 aromatic heterocycles. The smallest absolute Gasteiger partial charge is 0.410 e. The van der Waals surface area contributed by atoms with Crippen LogP contribution < -0.4 is 4.74 Å². The second-order valence-electron chi connectivity index (χ2n) is 16.2. The predicted molar refractivity (Wildman–Crippen MR) is 192 cm³/mol. The van der Waals surface area contributed by atoms with Crippen LogP contribution in [0.1, 0.15) is 95.9 Å². The van der Waals surface area contributed by atoms with Crippen molar-refractivity contribution in [3.8, 4) is 17.6 Å². The largest absolute Gasteiger partial charge is 0.489 e. The molecule has 0 radical (unpaired) electrons. The molecule has 260 valence electrons. The van der Waals surface area contributed by atoms with Crippen LogP contribution in [0.3, 0.4) is 0 Å². The van der Waals surface area contributed by atoms with Crippen molar-refractivity contribution in [2.45, 2.75) is 104 Å². The fourth-order valence-electron chi connectivity index (χ4n) is 8.84. The highest BCUT2D eigenvalue weighted by Crippen LogP contribution is 2.59. The van der Waals surface area contributed by atoms with Crippen molar-refractivity contribution in [2.24, 2.45) is 16.7 Å². The van der Waals surface area contributed by atoms with Crippen LogP contribution in [0.25, 0.3) is 4.85 Å². The van der Waals surface area contributed by atoms with E-state index >= 15 is 0 Å². The van der Waals surface area contributed by atoms with Crippen molar-refractivity contribution < 1.29 is 19.1 Å². The van der Waals surface area contributed by atoms with Crippen molar-refractivity contribution in [2.75, 3.05) is 26.2 Å². The highest BCUT2D eigenvalue weighted by Gasteiger charge is 2.67. The first-order chi connectivity index (χ1) is 23.1. The zero-order valence-corrected chi connectivity index (χ0v) is 31.4. The van der Waals surface area contributed by atoms with Gasteiger partial charge in [-0.25, -0.2) is 14.6 Å². The summed E-state index contributed by atoms with van der Waals surface area (Å²) in [6, 6.07) is 9.72. The van der Waals surface area contributed by atoms with Crippen LogP contribution >= 0.6 is 15.9 Å². The third-order valence-corrected chi connectivity index (χ3v) is 11.4. The Balaban J connectivity index is 1.03. The van der Waals surface area contributed by atoms with Gasteiger partial charge in [-0.3, -0.25) is 9.69 Å². The van der Waals surface area contributed by atoms with Crippen LogP contribution in [-0.4, -0.2) is 81.7 Å². The fourth-order valence-corrected chi connectivity index (χ4v) is 9.29. The quantitative estimate of drug-likeness (QED) is 0.237. The van der Waals surface area contributed by atoms with Gasteiger partial charge in [-0.1, -0.05) is 55.6 Å². The minimum atomic E-state index is -0.473. The number of carbonyl (C=O) groups excluding carboxylic acids is 2. The molecule has 2 aliphatic carbocycles. The third kappa shape index (κ3) is 7.05. The zero-order valence-electron chi connectivity index (χ0n) is 29.8. The van der Waals surface area contributed by atoms with Gasteiger partial charge in [0.2, 0.25) is 5.69 Å². The van der Waals surface area contributed by atoms with Crippen molar-refractivity contribution >= 4 is 33.6 Å². The molecular weight excluding hydrogens is 682 g/mol. The Morgan fingerprint density at radius 1 is 1.02 bits per heavy atom. The second-order valence-corrected chi connectivity index (χ2v) is 17.0. The molecule has 0 N–H and O–H groups in total. The maximum absolute atomic E-state index is 13.7. The van der Waals surface area contributed by atoms with E-state index in [-0.39, 0.29) is 35.0 Å². The molecule has 49 heavy (non-hydrogen) atoms. The molecule has 10 heteroatoms. The van der Waals surface area contributed by atoms with Crippen LogP contribution in [0.5, 0.6) is 5.75 Å². The van der Waals surface area contributed by atoms with Gasteiger partial charge in [0.25, 0.3) is 5.91 Å². The van der Waals surface area contributed by atoms with Crippen molar-refractivity contribution in [3.05, 3.63) is 63.2 Å². The molecule has 0 atom stereocenters. The topological polar surface area (TPSA) is 79.6 Å². The number of pyridine rings is 1. The van der Waals surface area contributed by atoms with Gasteiger partial charge >= 0.3 is 6.09 Å². The second kappa shape index (κ2) is 13.3. The van der Waals surface area contributed by atoms with Gasteiger partial charge in [-0.2, -0.15) is 0 Å². The maximum atomic E-state index is 13.7. The van der Waals surface area contributed by atoms with Crippen LogP contribution in [0.4, 0.5) is 10.5 Å². The molecule has 2 amide bonds. The first-order valence-corrected chi connectivity index (χ1v) is 18.3. The summed E-state index contributed by atoms with van der Waals surface area (Å²) in [5.74, 6) is 7.88. The molecule has 0 spiro atoms. The van der Waals surface area contributed by atoms with E-state index in [1.807, 2.05) is 54.8 Å². The molecular formula is C39H48BrN5O4. The molecule has 2 aromatic rings. The van der Waals surface area contributed by atoms with E-state index in [0.717, 1.165) is 50.2 Å². The number of hydrogen-bond donors (Lipinski definition) is 0. The van der Waals surface area contributed by atoms with E-state index < -0.39 is 5.60 Å². The Morgan fingerprint density at radius 2 is 1.69 bits per heavy atom. The number of aromatic nitrogens is 1. The van der Waals surface area contributed by atoms with Gasteiger partial charge in [0.05, 0.1) is 24.4 Å². The number of carbonyl (C=O) groups is 2. The highest BCUT2D eigenvalue weighted by atomic mass is 79.9. The molecule has 9 nitrogen and oxygen atoms in total. The normalized spacial score (nSPS) is 26.1. The molecule has 2 aliphatic heterocycles. The van der Waals surface area contributed by atoms with Gasteiger partial charge in [0, 0.05) is 59.5 Å². The Morgan fingerprint density at radius 3 is 2.31 bits per heavy atom. The van der Waals surface area contributed by atoms with Crippen LogP contribution in [0.2, 0.25) is 0 Å². The molecule has 0 bridgehead atoms. The highest BCUT2D eigenvalue weighted by molar-refractivity contribution is 9.10. The average molecular weight is 731 g/mol. The number of ether oxygens (including phenoxy) is 2. The van der Waals surface area contributed by atoms with Gasteiger partial charge < -0.3 is 19.3 Å². The summed E-state index contributed by atoms with van der Waals surface area (Å²) in [4.78, 5) is 40.9. The van der Waals surface area contributed by atoms with Gasteiger partial charge in [-0.05, 0) is 76.6 Å². The van der Waals surface area contributed by atoms with Crippen molar-refractivity contribution in [1.29, 1.82) is 0 Å². The van der Waals surface area contributed by atoms with E-state index in [4.69, 9.17) is 21.0 Å². The maximum Gasteiger partial charge on any atom is 0.410 e. The standard InChI is InChI=1S/C39H48BrN5O4/c1-37(2,3)49-36(47)44-21-19-43(20-22-44)27-14-10-25(11-15-27)9-12-26-13-17-29-32(42-26)24-45(33(29)46)34-38(4,5)35(39(34,6)7)48-28-16-18-31(41-8)30(40)23-28/h13,16-18,23,25,27,34-35H,10-11,14-15,19-22,24H2,1-7H3. The summed E-state index contributed by atoms with van der Waals surface area (Å²) in [5.41, 5.74) is 1.63. The summed E-state index contributed by atoms with van der Waals surface area (Å²) >= 11 is 3.47. The molecule has 1 aromatic carbocycles. The molecule has 2 saturated carbocycles. The van der Waals surface area contributed by atoms with Crippen LogP contribution in [-0.2, 0) is 11.3 Å². The van der Waals surface area contributed by atoms with Crippen molar-refractivity contribution in [1.82, 2.24) is 19.7 Å². The first kappa shape index (κ1) is 35.2. The van der Waals surface area contributed by atoms with E-state index in [1.54, 1.807) is 6.07 Å². The van der Waals surface area contributed by atoms with E-state index in [9.17, 15) is 9.59 Å². The van der Waals surface area contributed by atoms with E-state index in [2.05, 4.69) is 65.2 Å². The molecule has 3 fully saturated rings. The number of piperazine rings is 1. The molecule has 6 rings (SSSR count). The number of benzene rings is 1. The molecule has 3 heterocycles. The van der Waals surface area contributed by atoms with Gasteiger partial charge in [0.1, 0.15) is 23.1 Å². The first-order valence-electron chi connectivity index (χ1n) is 17.5. The lowest BCUT2D eigenvalue weighted by molar-refractivity contribution is -0.199. The lowest BCUT2D eigenvalue weighted by atomic mass is 9.49.